The molecule has 2 aromatic heterocycles. The molecule has 0 radical (unpaired) electrons. The molecule has 100 valence electrons. The molecule has 0 amide bonds. The molecular weight excluding hydrogens is 256 g/mol. The zero-order chi connectivity index (χ0) is 13.7. The second-order valence-electron chi connectivity index (χ2n) is 4.94. The number of hydrogen-bond acceptors (Lipinski definition) is 3. The minimum Gasteiger partial charge on any atom is -0.476 e. The van der Waals surface area contributed by atoms with Crippen molar-refractivity contribution in [3.05, 3.63) is 35.9 Å². The number of benzene rings is 1. The highest BCUT2D eigenvalue weighted by atomic mass is 16.4. The number of nitrogens with zero attached hydrogens (tertiary/aromatic N) is 3. The third kappa shape index (κ3) is 1.48. The Morgan fingerprint density at radius 3 is 3.15 bits per heavy atom. The first-order valence-corrected chi connectivity index (χ1v) is 6.50. The van der Waals surface area contributed by atoms with Crippen LogP contribution in [-0.4, -0.2) is 30.8 Å². The van der Waals surface area contributed by atoms with Gasteiger partial charge in [0.25, 0.3) is 0 Å². The molecule has 0 aliphatic carbocycles. The van der Waals surface area contributed by atoms with Crippen molar-refractivity contribution in [1.29, 1.82) is 0 Å². The Morgan fingerprint density at radius 1 is 1.40 bits per heavy atom. The molecule has 4 rings (SSSR count). The van der Waals surface area contributed by atoms with E-state index in [9.17, 15) is 9.90 Å². The Bertz CT molecular complexity index is 831. The Morgan fingerprint density at radius 2 is 2.30 bits per heavy atom. The zero-order valence-electron chi connectivity index (χ0n) is 10.6. The van der Waals surface area contributed by atoms with Gasteiger partial charge < -0.3 is 10.1 Å². The smallest absolute Gasteiger partial charge is 0.357 e. The quantitative estimate of drug-likeness (QED) is 0.745. The first-order valence-electron chi connectivity index (χ1n) is 6.50. The van der Waals surface area contributed by atoms with Crippen LogP contribution in [0.3, 0.4) is 0 Å². The van der Waals surface area contributed by atoms with Gasteiger partial charge in [0.1, 0.15) is 0 Å². The number of aryl methyl sites for hydroxylation is 1. The minimum absolute atomic E-state index is 0.138. The van der Waals surface area contributed by atoms with E-state index in [1.165, 1.54) is 0 Å². The summed E-state index contributed by atoms with van der Waals surface area (Å²) in [4.78, 5) is 18.6. The van der Waals surface area contributed by atoms with E-state index in [1.807, 2.05) is 22.9 Å². The Kier molecular flexibility index (Phi) is 2.20. The molecule has 1 aliphatic heterocycles. The van der Waals surface area contributed by atoms with Crippen LogP contribution in [0, 0.1) is 0 Å². The number of aromatic amines is 1. The molecule has 0 saturated carbocycles. The number of carboxylic acid groups (broad SMARTS) is 1. The first kappa shape index (κ1) is 11.2. The van der Waals surface area contributed by atoms with Crippen molar-refractivity contribution >= 4 is 17.0 Å². The number of rotatable bonds is 2. The number of carboxylic acids is 1. The molecule has 0 saturated heterocycles. The largest absolute Gasteiger partial charge is 0.476 e. The molecule has 6 heteroatoms. The lowest BCUT2D eigenvalue weighted by Gasteiger charge is -2.03. The Balaban J connectivity index is 1.98. The van der Waals surface area contributed by atoms with E-state index >= 15 is 0 Å². The van der Waals surface area contributed by atoms with Crippen LogP contribution < -0.4 is 0 Å². The molecule has 1 aromatic carbocycles. The van der Waals surface area contributed by atoms with Crippen molar-refractivity contribution in [2.45, 2.75) is 19.4 Å². The van der Waals surface area contributed by atoms with Gasteiger partial charge in [0.05, 0.1) is 17.4 Å². The van der Waals surface area contributed by atoms with Crippen LogP contribution in [0.5, 0.6) is 0 Å². The molecule has 0 spiro atoms. The second kappa shape index (κ2) is 3.93. The van der Waals surface area contributed by atoms with Gasteiger partial charge in [0.15, 0.2) is 5.69 Å². The lowest BCUT2D eigenvalue weighted by Crippen LogP contribution is -2.02. The fourth-order valence-corrected chi connectivity index (χ4v) is 2.88. The van der Waals surface area contributed by atoms with Gasteiger partial charge in [-0.2, -0.15) is 5.10 Å². The fourth-order valence-electron chi connectivity index (χ4n) is 2.88. The summed E-state index contributed by atoms with van der Waals surface area (Å²) in [5.74, 6) is -0.980. The van der Waals surface area contributed by atoms with E-state index in [1.54, 1.807) is 6.33 Å². The molecule has 6 nitrogen and oxygen atoms in total. The van der Waals surface area contributed by atoms with Crippen molar-refractivity contribution < 1.29 is 9.90 Å². The molecule has 1 aliphatic rings. The Hall–Kier alpha value is -2.63. The lowest BCUT2D eigenvalue weighted by atomic mass is 10.0. The van der Waals surface area contributed by atoms with Crippen LogP contribution >= 0.6 is 0 Å². The van der Waals surface area contributed by atoms with Crippen LogP contribution in [0.25, 0.3) is 22.2 Å². The van der Waals surface area contributed by atoms with Gasteiger partial charge in [-0.25, -0.2) is 9.78 Å². The maximum atomic E-state index is 11.4. The molecular formula is C14H12N4O2. The molecule has 0 atom stereocenters. The van der Waals surface area contributed by atoms with Crippen molar-refractivity contribution in [1.82, 2.24) is 19.7 Å². The van der Waals surface area contributed by atoms with E-state index in [2.05, 4.69) is 15.1 Å². The molecule has 2 N–H and O–H groups in total. The van der Waals surface area contributed by atoms with Crippen LogP contribution in [0.15, 0.2) is 24.5 Å². The van der Waals surface area contributed by atoms with Crippen molar-refractivity contribution in [3.63, 3.8) is 0 Å². The topological polar surface area (TPSA) is 83.8 Å². The highest BCUT2D eigenvalue weighted by Crippen LogP contribution is 2.33. The highest BCUT2D eigenvalue weighted by Gasteiger charge is 2.26. The number of fused-ring (bicyclic) bond motifs is 2. The van der Waals surface area contributed by atoms with Gasteiger partial charge >= 0.3 is 5.97 Å². The SMILES string of the molecule is O=C(O)c1nn2c(c1-c1ccc3nc[nH]c3c1)CCC2. The summed E-state index contributed by atoms with van der Waals surface area (Å²) >= 11 is 0. The Labute approximate surface area is 114 Å². The summed E-state index contributed by atoms with van der Waals surface area (Å²) < 4.78 is 1.82. The van der Waals surface area contributed by atoms with Crippen molar-refractivity contribution in [2.75, 3.05) is 0 Å². The van der Waals surface area contributed by atoms with Gasteiger partial charge in [-0.15, -0.1) is 0 Å². The molecule has 3 heterocycles. The number of hydrogen-bond donors (Lipinski definition) is 2. The maximum absolute atomic E-state index is 11.4. The van der Waals surface area contributed by atoms with Crippen LogP contribution in [0.2, 0.25) is 0 Å². The number of nitrogens with one attached hydrogen (secondary N) is 1. The van der Waals surface area contributed by atoms with Gasteiger partial charge in [-0.1, -0.05) is 6.07 Å². The zero-order valence-corrected chi connectivity index (χ0v) is 10.6. The third-order valence-corrected chi connectivity index (χ3v) is 3.75. The standard InChI is InChI=1S/C14H12N4O2/c19-14(20)13-12(11-2-1-5-18(11)17-13)8-3-4-9-10(6-8)16-7-15-9/h3-4,6-7H,1-2,5H2,(H,15,16)(H,19,20). The lowest BCUT2D eigenvalue weighted by molar-refractivity contribution is 0.0690. The molecule has 0 bridgehead atoms. The third-order valence-electron chi connectivity index (χ3n) is 3.75. The summed E-state index contributed by atoms with van der Waals surface area (Å²) in [6.45, 7) is 0.794. The summed E-state index contributed by atoms with van der Waals surface area (Å²) in [7, 11) is 0. The number of carbonyl (C=O) groups is 1. The van der Waals surface area contributed by atoms with E-state index in [0.717, 1.165) is 47.2 Å². The van der Waals surface area contributed by atoms with Gasteiger partial charge in [-0.05, 0) is 30.5 Å². The fraction of sp³-hybridized carbons (Fsp3) is 0.214. The van der Waals surface area contributed by atoms with Crippen molar-refractivity contribution in [3.8, 4) is 11.1 Å². The van der Waals surface area contributed by atoms with Crippen LogP contribution in [-0.2, 0) is 13.0 Å². The van der Waals surface area contributed by atoms with E-state index < -0.39 is 5.97 Å². The normalized spacial score (nSPS) is 13.8. The van der Waals surface area contributed by atoms with E-state index in [4.69, 9.17) is 0 Å². The minimum atomic E-state index is -0.980. The maximum Gasteiger partial charge on any atom is 0.357 e. The van der Waals surface area contributed by atoms with Crippen LogP contribution in [0.1, 0.15) is 22.6 Å². The second-order valence-corrected chi connectivity index (χ2v) is 4.94. The summed E-state index contributed by atoms with van der Waals surface area (Å²) in [6, 6.07) is 5.74. The molecule has 20 heavy (non-hydrogen) atoms. The molecule has 0 fully saturated rings. The van der Waals surface area contributed by atoms with Crippen molar-refractivity contribution in [2.24, 2.45) is 0 Å². The predicted octanol–water partition coefficient (Wildman–Crippen LogP) is 2.07. The molecule has 0 unspecified atom stereocenters. The number of imidazole rings is 1. The average molecular weight is 268 g/mol. The highest BCUT2D eigenvalue weighted by molar-refractivity contribution is 5.96. The number of aromatic carboxylic acids is 1. The van der Waals surface area contributed by atoms with Crippen LogP contribution in [0.4, 0.5) is 0 Å². The average Bonchev–Trinajstić information content (AvgIpc) is 3.12. The predicted molar refractivity (Wildman–Crippen MR) is 72.6 cm³/mol. The first-order chi connectivity index (χ1) is 9.74. The van der Waals surface area contributed by atoms with E-state index in [-0.39, 0.29) is 5.69 Å². The van der Waals surface area contributed by atoms with Gasteiger partial charge in [0.2, 0.25) is 0 Å². The van der Waals surface area contributed by atoms with E-state index in [0.29, 0.717) is 0 Å². The molecule has 3 aromatic rings. The summed E-state index contributed by atoms with van der Waals surface area (Å²) in [6.07, 6.45) is 3.52. The number of aromatic nitrogens is 4. The summed E-state index contributed by atoms with van der Waals surface area (Å²) in [5.41, 5.74) is 4.54. The monoisotopic (exact) mass is 268 g/mol. The van der Waals surface area contributed by atoms with Gasteiger partial charge in [0, 0.05) is 17.8 Å². The number of H-pyrrole nitrogens is 1. The summed E-state index contributed by atoms with van der Waals surface area (Å²) in [5, 5.41) is 13.6. The van der Waals surface area contributed by atoms with Gasteiger partial charge in [-0.3, -0.25) is 4.68 Å².